The van der Waals surface area contributed by atoms with Crippen LogP contribution in [0.15, 0.2) is 0 Å². The van der Waals surface area contributed by atoms with Gasteiger partial charge in [0, 0.05) is 27.2 Å². The number of urea groups is 1. The molecule has 0 saturated carbocycles. The Morgan fingerprint density at radius 2 is 1.89 bits per heavy atom. The number of nitrogens with one attached hydrogen (secondary N) is 1. The quantitative estimate of drug-likeness (QED) is 0.686. The molecule has 0 radical (unpaired) electrons. The molecule has 2 N–H and O–H groups in total. The fourth-order valence-electron chi connectivity index (χ4n) is 1.59. The highest BCUT2D eigenvalue weighted by molar-refractivity contribution is 5.78. The number of carboxylic acid groups (broad SMARTS) is 1. The molecule has 0 aromatic heterocycles. The number of nitrogens with zero attached hydrogens (tertiary/aromatic N) is 1. The number of hydrogen-bond acceptors (Lipinski definition) is 3. The maximum absolute atomic E-state index is 11.7. The smallest absolute Gasteiger partial charge is 0.317 e. The van der Waals surface area contributed by atoms with Gasteiger partial charge in [0.15, 0.2) is 0 Å². The van der Waals surface area contributed by atoms with Gasteiger partial charge >= 0.3 is 12.0 Å². The third kappa shape index (κ3) is 4.52. The summed E-state index contributed by atoms with van der Waals surface area (Å²) in [6.45, 7) is 4.71. The highest BCUT2D eigenvalue weighted by Crippen LogP contribution is 2.25. The fourth-order valence-corrected chi connectivity index (χ4v) is 1.59. The monoisotopic (exact) mass is 260 g/mol. The van der Waals surface area contributed by atoms with Crippen LogP contribution in [-0.4, -0.2) is 55.9 Å². The van der Waals surface area contributed by atoms with Crippen LogP contribution in [0, 0.1) is 5.41 Å². The molecule has 0 unspecified atom stereocenters. The molecule has 6 nitrogen and oxygen atoms in total. The molecule has 0 aliphatic rings. The molecule has 106 valence electrons. The zero-order chi connectivity index (χ0) is 14.2. The second-order valence-corrected chi connectivity index (χ2v) is 4.37. The summed E-state index contributed by atoms with van der Waals surface area (Å²) in [6.07, 6.45) is 0.974. The molecule has 0 aromatic rings. The summed E-state index contributed by atoms with van der Waals surface area (Å²) in [4.78, 5) is 24.4. The summed E-state index contributed by atoms with van der Waals surface area (Å²) < 4.78 is 4.87. The molecule has 0 saturated heterocycles. The lowest BCUT2D eigenvalue weighted by atomic mass is 9.82. The lowest BCUT2D eigenvalue weighted by molar-refractivity contribution is -0.149. The predicted octanol–water partition coefficient (Wildman–Crippen LogP) is 1.17. The van der Waals surface area contributed by atoms with E-state index in [0.29, 0.717) is 26.0 Å². The average Bonchev–Trinajstić information content (AvgIpc) is 2.36. The van der Waals surface area contributed by atoms with Crippen LogP contribution in [0.5, 0.6) is 0 Å². The number of carbonyl (C=O) groups is 2. The number of hydrogen-bond donors (Lipinski definition) is 2. The summed E-state index contributed by atoms with van der Waals surface area (Å²) in [6, 6.07) is -0.278. The number of rotatable bonds is 8. The predicted molar refractivity (Wildman–Crippen MR) is 68.6 cm³/mol. The van der Waals surface area contributed by atoms with Crippen molar-refractivity contribution in [3.63, 3.8) is 0 Å². The zero-order valence-corrected chi connectivity index (χ0v) is 11.7. The minimum atomic E-state index is -0.877. The van der Waals surface area contributed by atoms with Crippen molar-refractivity contribution >= 4 is 12.0 Å². The normalized spacial score (nSPS) is 11.1. The van der Waals surface area contributed by atoms with Gasteiger partial charge in [-0.2, -0.15) is 0 Å². The summed E-state index contributed by atoms with van der Waals surface area (Å²) in [5.41, 5.74) is -0.877. The van der Waals surface area contributed by atoms with E-state index in [-0.39, 0.29) is 12.6 Å². The number of ether oxygens (including phenoxy) is 1. The van der Waals surface area contributed by atoms with Crippen LogP contribution < -0.4 is 5.32 Å². The van der Waals surface area contributed by atoms with Gasteiger partial charge < -0.3 is 20.1 Å². The van der Waals surface area contributed by atoms with Crippen LogP contribution >= 0.6 is 0 Å². The van der Waals surface area contributed by atoms with Crippen molar-refractivity contribution in [1.29, 1.82) is 0 Å². The molecular weight excluding hydrogens is 236 g/mol. The molecule has 0 bridgehead atoms. The van der Waals surface area contributed by atoms with E-state index in [9.17, 15) is 14.7 Å². The first-order valence-electron chi connectivity index (χ1n) is 6.14. The first kappa shape index (κ1) is 16.7. The van der Waals surface area contributed by atoms with Crippen molar-refractivity contribution in [3.8, 4) is 0 Å². The van der Waals surface area contributed by atoms with E-state index >= 15 is 0 Å². The number of methoxy groups -OCH3 is 1. The van der Waals surface area contributed by atoms with E-state index in [2.05, 4.69) is 5.32 Å². The number of carboxylic acids is 1. The van der Waals surface area contributed by atoms with Gasteiger partial charge in [-0.05, 0) is 12.8 Å². The molecule has 0 atom stereocenters. The van der Waals surface area contributed by atoms with Crippen molar-refractivity contribution in [2.24, 2.45) is 5.41 Å². The Hall–Kier alpha value is -1.30. The summed E-state index contributed by atoms with van der Waals surface area (Å²) in [5, 5.41) is 11.9. The highest BCUT2D eigenvalue weighted by atomic mass is 16.5. The molecular formula is C12H24N2O4. The minimum Gasteiger partial charge on any atom is -0.481 e. The number of aliphatic carboxylic acids is 1. The van der Waals surface area contributed by atoms with Gasteiger partial charge in [-0.25, -0.2) is 4.79 Å². The first-order valence-corrected chi connectivity index (χ1v) is 6.14. The Morgan fingerprint density at radius 1 is 1.33 bits per heavy atom. The van der Waals surface area contributed by atoms with Crippen molar-refractivity contribution in [2.75, 3.05) is 33.9 Å². The van der Waals surface area contributed by atoms with Crippen molar-refractivity contribution in [2.45, 2.75) is 26.7 Å². The molecule has 0 aromatic carbocycles. The van der Waals surface area contributed by atoms with Crippen molar-refractivity contribution < 1.29 is 19.4 Å². The topological polar surface area (TPSA) is 78.9 Å². The average molecular weight is 260 g/mol. The van der Waals surface area contributed by atoms with E-state index in [1.807, 2.05) is 13.8 Å². The molecule has 0 spiro atoms. The molecule has 0 aliphatic carbocycles. The van der Waals surface area contributed by atoms with Crippen LogP contribution in [0.25, 0.3) is 0 Å². The number of likely N-dealkylation sites (N-methyl/N-ethyl adjacent to an activating group) is 1. The first-order chi connectivity index (χ1) is 8.43. The lowest BCUT2D eigenvalue weighted by Crippen LogP contribution is -2.46. The van der Waals surface area contributed by atoms with E-state index in [1.165, 1.54) is 4.90 Å². The Kier molecular flexibility index (Phi) is 7.35. The van der Waals surface area contributed by atoms with Gasteiger partial charge in [-0.1, -0.05) is 13.8 Å². The van der Waals surface area contributed by atoms with Gasteiger partial charge in [-0.3, -0.25) is 4.79 Å². The second-order valence-electron chi connectivity index (χ2n) is 4.37. The Labute approximate surface area is 108 Å². The van der Waals surface area contributed by atoms with Gasteiger partial charge in [0.2, 0.25) is 0 Å². The van der Waals surface area contributed by atoms with Gasteiger partial charge in [0.05, 0.1) is 12.0 Å². The zero-order valence-electron chi connectivity index (χ0n) is 11.7. The lowest BCUT2D eigenvalue weighted by Gasteiger charge is -2.28. The van der Waals surface area contributed by atoms with Crippen LogP contribution in [0.1, 0.15) is 26.7 Å². The molecule has 0 aliphatic heterocycles. The summed E-state index contributed by atoms with van der Waals surface area (Å²) in [7, 11) is 3.21. The highest BCUT2D eigenvalue weighted by Gasteiger charge is 2.35. The van der Waals surface area contributed by atoms with E-state index in [0.717, 1.165) is 0 Å². The molecule has 0 heterocycles. The summed E-state index contributed by atoms with van der Waals surface area (Å²) >= 11 is 0. The number of amides is 2. The van der Waals surface area contributed by atoms with Crippen LogP contribution in [0.4, 0.5) is 4.79 Å². The molecule has 0 fully saturated rings. The SMILES string of the molecule is CCC(CC)(CNC(=O)N(C)CCOC)C(=O)O. The van der Waals surface area contributed by atoms with Crippen LogP contribution in [0.3, 0.4) is 0 Å². The van der Waals surface area contributed by atoms with Crippen molar-refractivity contribution in [3.05, 3.63) is 0 Å². The van der Waals surface area contributed by atoms with E-state index in [4.69, 9.17) is 4.74 Å². The maximum Gasteiger partial charge on any atom is 0.317 e. The van der Waals surface area contributed by atoms with Gasteiger partial charge in [-0.15, -0.1) is 0 Å². The van der Waals surface area contributed by atoms with E-state index < -0.39 is 11.4 Å². The van der Waals surface area contributed by atoms with Crippen LogP contribution in [-0.2, 0) is 9.53 Å². The summed E-state index contributed by atoms with van der Waals surface area (Å²) in [5.74, 6) is -0.868. The Morgan fingerprint density at radius 3 is 2.28 bits per heavy atom. The Balaban J connectivity index is 4.36. The van der Waals surface area contributed by atoms with Gasteiger partial charge in [0.1, 0.15) is 0 Å². The Bertz CT molecular complexity index is 277. The minimum absolute atomic E-state index is 0.144. The standard InChI is InChI=1S/C12H24N2O4/c1-5-12(6-2,10(15)16)9-13-11(17)14(3)7-8-18-4/h5-9H2,1-4H3,(H,13,17)(H,15,16). The fraction of sp³-hybridized carbons (Fsp3) is 0.833. The number of carbonyl (C=O) groups excluding carboxylic acids is 1. The maximum atomic E-state index is 11.7. The molecule has 18 heavy (non-hydrogen) atoms. The molecule has 0 rings (SSSR count). The van der Waals surface area contributed by atoms with E-state index in [1.54, 1.807) is 14.2 Å². The second kappa shape index (κ2) is 7.92. The third-order valence-electron chi connectivity index (χ3n) is 3.36. The van der Waals surface area contributed by atoms with Gasteiger partial charge in [0.25, 0.3) is 0 Å². The van der Waals surface area contributed by atoms with Crippen LogP contribution in [0.2, 0.25) is 0 Å². The third-order valence-corrected chi connectivity index (χ3v) is 3.36. The largest absolute Gasteiger partial charge is 0.481 e. The molecule has 6 heteroatoms. The molecule has 2 amide bonds. The van der Waals surface area contributed by atoms with Crippen molar-refractivity contribution in [1.82, 2.24) is 10.2 Å².